The first-order valence-corrected chi connectivity index (χ1v) is 18.0. The van der Waals surface area contributed by atoms with Gasteiger partial charge in [-0.15, -0.1) is 0 Å². The molecule has 1 aliphatic rings. The van der Waals surface area contributed by atoms with Crippen molar-refractivity contribution < 1.29 is 19.4 Å². The molecule has 15 heteroatoms. The van der Waals surface area contributed by atoms with Crippen molar-refractivity contribution in [3.8, 4) is 39.4 Å². The molecule has 278 valence electrons. The minimum Gasteiger partial charge on any atom is -0.481 e. The zero-order chi connectivity index (χ0) is 37.8. The number of benzene rings is 2. The largest absolute Gasteiger partial charge is 0.481 e. The van der Waals surface area contributed by atoms with E-state index in [-0.39, 0.29) is 42.9 Å². The van der Waals surface area contributed by atoms with E-state index in [1.54, 1.807) is 40.5 Å². The van der Waals surface area contributed by atoms with E-state index in [1.807, 2.05) is 48.5 Å². The highest BCUT2D eigenvalue weighted by Crippen LogP contribution is 2.42. The first kappa shape index (κ1) is 38.0. The fourth-order valence-electron chi connectivity index (χ4n) is 6.33. The molecule has 5 aromatic rings. The molecule has 2 atom stereocenters. The SMILES string of the molecule is COc1nc(-c2cccc(-c3cccc(-c4cc5c(=O)n(C)c(CNC[C@H](O)CC(=O)N(C)C)nn5c4)c3Cl)c2Cl)ccc1CNC[C@@H]1CCC(=O)N1. The maximum atomic E-state index is 13.4. The first-order valence-electron chi connectivity index (χ1n) is 17.2. The Morgan fingerprint density at radius 3 is 2.42 bits per heavy atom. The lowest BCUT2D eigenvalue weighted by Gasteiger charge is -2.15. The molecule has 1 fully saturated rings. The number of rotatable bonds is 14. The van der Waals surface area contributed by atoms with Gasteiger partial charge >= 0.3 is 0 Å². The summed E-state index contributed by atoms with van der Waals surface area (Å²) >= 11 is 14.2. The number of ether oxygens (including phenoxy) is 1. The van der Waals surface area contributed by atoms with E-state index in [4.69, 9.17) is 32.9 Å². The fourth-order valence-corrected chi connectivity index (χ4v) is 6.99. The zero-order valence-electron chi connectivity index (χ0n) is 30.0. The van der Waals surface area contributed by atoms with Crippen LogP contribution in [0.5, 0.6) is 5.88 Å². The minimum absolute atomic E-state index is 0.0108. The van der Waals surface area contributed by atoms with Gasteiger partial charge in [0.2, 0.25) is 17.7 Å². The Balaban J connectivity index is 1.22. The Bertz CT molecular complexity index is 2220. The number of amides is 2. The molecule has 0 aliphatic carbocycles. The number of pyridine rings is 1. The third-order valence-electron chi connectivity index (χ3n) is 9.30. The first-order chi connectivity index (χ1) is 25.4. The second-order valence-electron chi connectivity index (χ2n) is 13.2. The van der Waals surface area contributed by atoms with Crippen molar-refractivity contribution in [1.82, 2.24) is 40.0 Å². The van der Waals surface area contributed by atoms with Crippen LogP contribution in [0.25, 0.3) is 39.0 Å². The summed E-state index contributed by atoms with van der Waals surface area (Å²) in [6.07, 6.45) is 2.24. The normalized spacial score (nSPS) is 14.8. The standard InChI is InChI=1S/C38H42Cl2N8O5/c1-46(2)34(51)16-25(49)19-42-20-32-45-48-21-23(15-31(48)38(52)47(32)3)26-7-5-8-27(35(26)39)28-9-6-10-29(36(28)40)30-13-11-22(37(44-30)53-4)17-41-18-24-12-14-33(50)43-24/h5-11,13,15,21,24-25,41-42,49H,12,14,16-20H2,1-4H3,(H,43,50)/t24-,25+/m0/s1. The quantitative estimate of drug-likeness (QED) is 0.131. The Labute approximate surface area is 316 Å². The molecule has 4 heterocycles. The Kier molecular flexibility index (Phi) is 11.8. The van der Waals surface area contributed by atoms with Gasteiger partial charge in [-0.3, -0.25) is 19.0 Å². The molecule has 4 N–H and O–H groups in total. The Morgan fingerprint density at radius 2 is 1.74 bits per heavy atom. The van der Waals surface area contributed by atoms with Crippen LogP contribution in [0.3, 0.4) is 0 Å². The summed E-state index contributed by atoms with van der Waals surface area (Å²) < 4.78 is 8.62. The van der Waals surface area contributed by atoms with Crippen LogP contribution in [0, 0.1) is 0 Å². The molecule has 1 saturated heterocycles. The lowest BCUT2D eigenvalue weighted by molar-refractivity contribution is -0.130. The molecule has 6 rings (SSSR count). The van der Waals surface area contributed by atoms with Crippen LogP contribution in [0.2, 0.25) is 10.0 Å². The molecular weight excluding hydrogens is 719 g/mol. The molecule has 0 bridgehead atoms. The van der Waals surface area contributed by atoms with E-state index < -0.39 is 6.10 Å². The van der Waals surface area contributed by atoms with E-state index in [0.717, 1.165) is 12.0 Å². The van der Waals surface area contributed by atoms with Gasteiger partial charge in [0.05, 0.1) is 41.9 Å². The second kappa shape index (κ2) is 16.5. The van der Waals surface area contributed by atoms with Crippen LogP contribution >= 0.6 is 23.2 Å². The van der Waals surface area contributed by atoms with Crippen LogP contribution in [-0.4, -0.2) is 87.4 Å². The van der Waals surface area contributed by atoms with Crippen LogP contribution in [0.4, 0.5) is 0 Å². The number of nitrogens with one attached hydrogen (secondary N) is 3. The highest BCUT2D eigenvalue weighted by molar-refractivity contribution is 6.39. The molecule has 2 aromatic carbocycles. The monoisotopic (exact) mass is 760 g/mol. The smallest absolute Gasteiger partial charge is 0.277 e. The molecule has 0 radical (unpaired) electrons. The number of carbonyl (C=O) groups is 2. The third kappa shape index (κ3) is 8.40. The number of nitrogens with zero attached hydrogens (tertiary/aromatic N) is 5. The predicted octanol–water partition coefficient (Wildman–Crippen LogP) is 4.04. The van der Waals surface area contributed by atoms with Gasteiger partial charge in [0.15, 0.2) is 0 Å². The summed E-state index contributed by atoms with van der Waals surface area (Å²) in [6, 6.07) is 17.1. The lowest BCUT2D eigenvalue weighted by atomic mass is 9.97. The van der Waals surface area contributed by atoms with Crippen LogP contribution in [0.15, 0.2) is 65.6 Å². The number of aliphatic hydroxyl groups excluding tert-OH is 1. The summed E-state index contributed by atoms with van der Waals surface area (Å²) in [5.41, 5.74) is 5.14. The average Bonchev–Trinajstić information content (AvgIpc) is 3.76. The molecule has 1 aliphatic heterocycles. The van der Waals surface area contributed by atoms with Gasteiger partial charge < -0.3 is 30.7 Å². The second-order valence-corrected chi connectivity index (χ2v) is 14.0. The third-order valence-corrected chi connectivity index (χ3v) is 10.1. The highest BCUT2D eigenvalue weighted by Gasteiger charge is 2.22. The number of aromatic nitrogens is 4. The fraction of sp³-hybridized carbons (Fsp3) is 0.342. The maximum absolute atomic E-state index is 13.4. The molecular formula is C38H42Cl2N8O5. The number of fused-ring (bicyclic) bond motifs is 1. The summed E-state index contributed by atoms with van der Waals surface area (Å²) in [6.45, 7) is 1.55. The summed E-state index contributed by atoms with van der Waals surface area (Å²) in [5.74, 6) is 0.832. The number of methoxy groups -OCH3 is 1. The zero-order valence-corrected chi connectivity index (χ0v) is 31.5. The van der Waals surface area contributed by atoms with Gasteiger partial charge in [0.1, 0.15) is 11.3 Å². The molecule has 0 unspecified atom stereocenters. The van der Waals surface area contributed by atoms with Crippen LogP contribution in [-0.2, 0) is 29.7 Å². The van der Waals surface area contributed by atoms with Gasteiger partial charge in [0, 0.05) is 92.8 Å². The molecule has 53 heavy (non-hydrogen) atoms. The van der Waals surface area contributed by atoms with Crippen molar-refractivity contribution in [2.75, 3.05) is 34.3 Å². The Morgan fingerprint density at radius 1 is 1.04 bits per heavy atom. The van der Waals surface area contributed by atoms with Gasteiger partial charge in [-0.1, -0.05) is 65.7 Å². The van der Waals surface area contributed by atoms with Crippen molar-refractivity contribution in [1.29, 1.82) is 0 Å². The predicted molar refractivity (Wildman–Crippen MR) is 205 cm³/mol. The van der Waals surface area contributed by atoms with Crippen LogP contribution in [0.1, 0.15) is 30.7 Å². The van der Waals surface area contributed by atoms with Crippen LogP contribution < -0.4 is 26.2 Å². The van der Waals surface area contributed by atoms with Crippen molar-refractivity contribution in [2.24, 2.45) is 7.05 Å². The number of hydrogen-bond acceptors (Lipinski definition) is 9. The molecule has 13 nitrogen and oxygen atoms in total. The number of hydrogen-bond donors (Lipinski definition) is 4. The lowest BCUT2D eigenvalue weighted by Crippen LogP contribution is -2.35. The van der Waals surface area contributed by atoms with Gasteiger partial charge in [-0.05, 0) is 18.6 Å². The van der Waals surface area contributed by atoms with E-state index in [9.17, 15) is 19.5 Å². The summed E-state index contributed by atoms with van der Waals surface area (Å²) in [7, 11) is 6.49. The number of carbonyl (C=O) groups excluding carboxylic acids is 2. The summed E-state index contributed by atoms with van der Waals surface area (Å²) in [5, 5.41) is 25.2. The molecule has 3 aromatic heterocycles. The topological polar surface area (TPSA) is 155 Å². The van der Waals surface area contributed by atoms with E-state index in [0.29, 0.717) is 80.3 Å². The number of halogens is 2. The highest BCUT2D eigenvalue weighted by atomic mass is 35.5. The summed E-state index contributed by atoms with van der Waals surface area (Å²) in [4.78, 5) is 43.0. The van der Waals surface area contributed by atoms with Crippen molar-refractivity contribution in [3.05, 3.63) is 92.6 Å². The van der Waals surface area contributed by atoms with Gasteiger partial charge in [-0.2, -0.15) is 5.10 Å². The maximum Gasteiger partial charge on any atom is 0.277 e. The van der Waals surface area contributed by atoms with E-state index in [2.05, 4.69) is 21.0 Å². The van der Waals surface area contributed by atoms with Gasteiger partial charge in [0.25, 0.3) is 5.56 Å². The minimum atomic E-state index is -0.876. The molecule has 0 saturated carbocycles. The Hall–Kier alpha value is -4.79. The molecule has 0 spiro atoms. The number of aliphatic hydroxyl groups is 1. The van der Waals surface area contributed by atoms with Crippen molar-refractivity contribution >= 4 is 40.5 Å². The molecule has 2 amide bonds. The van der Waals surface area contributed by atoms with E-state index >= 15 is 0 Å². The average molecular weight is 762 g/mol. The van der Waals surface area contributed by atoms with Crippen molar-refractivity contribution in [3.63, 3.8) is 0 Å². The van der Waals surface area contributed by atoms with Crippen molar-refractivity contribution in [2.45, 2.75) is 44.5 Å². The van der Waals surface area contributed by atoms with E-state index in [1.165, 1.54) is 14.0 Å². The van der Waals surface area contributed by atoms with Gasteiger partial charge in [-0.25, -0.2) is 9.50 Å².